The molecule has 102 valence electrons. The molecule has 0 atom stereocenters. The zero-order valence-electron chi connectivity index (χ0n) is 10.6. The number of carbonyl (C=O) groups excluding carboxylic acids is 2. The van der Waals surface area contributed by atoms with Crippen LogP contribution in [0.25, 0.3) is 0 Å². The Bertz CT molecular complexity index is 624. The van der Waals surface area contributed by atoms with Gasteiger partial charge in [0.15, 0.2) is 0 Å². The van der Waals surface area contributed by atoms with Gasteiger partial charge >= 0.3 is 5.97 Å². The van der Waals surface area contributed by atoms with Crippen LogP contribution in [-0.2, 0) is 4.74 Å². The molecule has 0 aliphatic heterocycles. The Labute approximate surface area is 114 Å². The quantitative estimate of drug-likeness (QED) is 0.688. The molecule has 0 saturated carbocycles. The van der Waals surface area contributed by atoms with Crippen molar-refractivity contribution in [2.75, 3.05) is 12.4 Å². The van der Waals surface area contributed by atoms with Crippen molar-refractivity contribution in [3.05, 3.63) is 59.7 Å². The predicted octanol–water partition coefficient (Wildman–Crippen LogP) is 2.26. The standard InChI is InChI=1S/C14H11FN2O3/c1-20-14(19)9-2-5-11(6-3-9)17-13(18)10-4-7-12(15)16-8-10/h2-8H,1H3,(H,17,18). The molecule has 1 N–H and O–H groups in total. The van der Waals surface area contributed by atoms with Crippen molar-refractivity contribution in [1.29, 1.82) is 0 Å². The number of carbonyl (C=O) groups is 2. The van der Waals surface area contributed by atoms with Crippen molar-refractivity contribution < 1.29 is 18.7 Å². The van der Waals surface area contributed by atoms with Gasteiger partial charge in [-0.15, -0.1) is 0 Å². The Morgan fingerprint density at radius 1 is 1.10 bits per heavy atom. The van der Waals surface area contributed by atoms with Gasteiger partial charge in [0.25, 0.3) is 5.91 Å². The molecule has 0 radical (unpaired) electrons. The van der Waals surface area contributed by atoms with Gasteiger partial charge in [-0.1, -0.05) is 0 Å². The van der Waals surface area contributed by atoms with Crippen LogP contribution in [0.5, 0.6) is 0 Å². The molecule has 0 aliphatic carbocycles. The number of rotatable bonds is 3. The van der Waals surface area contributed by atoms with Crippen molar-refractivity contribution in [2.45, 2.75) is 0 Å². The number of benzene rings is 1. The van der Waals surface area contributed by atoms with E-state index in [0.29, 0.717) is 11.3 Å². The fourth-order valence-electron chi connectivity index (χ4n) is 1.52. The molecule has 20 heavy (non-hydrogen) atoms. The summed E-state index contributed by atoms with van der Waals surface area (Å²) >= 11 is 0. The van der Waals surface area contributed by atoms with E-state index < -0.39 is 17.8 Å². The smallest absolute Gasteiger partial charge is 0.337 e. The van der Waals surface area contributed by atoms with Gasteiger partial charge in [0.05, 0.1) is 18.2 Å². The Morgan fingerprint density at radius 2 is 1.75 bits per heavy atom. The topological polar surface area (TPSA) is 68.3 Å². The van der Waals surface area contributed by atoms with Crippen LogP contribution in [-0.4, -0.2) is 24.0 Å². The van der Waals surface area contributed by atoms with Crippen molar-refractivity contribution >= 4 is 17.6 Å². The van der Waals surface area contributed by atoms with E-state index >= 15 is 0 Å². The number of esters is 1. The van der Waals surface area contributed by atoms with Crippen LogP contribution < -0.4 is 5.32 Å². The molecule has 2 aromatic rings. The van der Waals surface area contributed by atoms with Crippen LogP contribution in [0, 0.1) is 5.95 Å². The fourth-order valence-corrected chi connectivity index (χ4v) is 1.52. The maximum Gasteiger partial charge on any atom is 0.337 e. The molecular formula is C14H11FN2O3. The Kier molecular flexibility index (Phi) is 4.05. The van der Waals surface area contributed by atoms with E-state index in [-0.39, 0.29) is 5.56 Å². The average Bonchev–Trinajstić information content (AvgIpc) is 2.48. The predicted molar refractivity (Wildman–Crippen MR) is 69.9 cm³/mol. The average molecular weight is 274 g/mol. The van der Waals surface area contributed by atoms with Crippen LogP contribution in [0.2, 0.25) is 0 Å². The highest BCUT2D eigenvalue weighted by atomic mass is 19.1. The number of hydrogen-bond donors (Lipinski definition) is 1. The van der Waals surface area contributed by atoms with Gasteiger partial charge in [0, 0.05) is 11.9 Å². The van der Waals surface area contributed by atoms with E-state index in [4.69, 9.17) is 0 Å². The van der Waals surface area contributed by atoms with Crippen LogP contribution in [0.4, 0.5) is 10.1 Å². The fraction of sp³-hybridized carbons (Fsp3) is 0.0714. The zero-order valence-corrected chi connectivity index (χ0v) is 10.6. The summed E-state index contributed by atoms with van der Waals surface area (Å²) in [6.07, 6.45) is 1.15. The first kappa shape index (κ1) is 13.7. The van der Waals surface area contributed by atoms with E-state index in [2.05, 4.69) is 15.0 Å². The van der Waals surface area contributed by atoms with Gasteiger partial charge in [0.1, 0.15) is 0 Å². The number of ether oxygens (including phenoxy) is 1. The Hall–Kier alpha value is -2.76. The van der Waals surface area contributed by atoms with Gasteiger partial charge < -0.3 is 10.1 Å². The molecule has 2 rings (SSSR count). The van der Waals surface area contributed by atoms with Gasteiger partial charge in [-0.25, -0.2) is 9.78 Å². The lowest BCUT2D eigenvalue weighted by Crippen LogP contribution is -2.12. The van der Waals surface area contributed by atoms with Crippen molar-refractivity contribution in [2.24, 2.45) is 0 Å². The molecule has 0 bridgehead atoms. The van der Waals surface area contributed by atoms with Crippen molar-refractivity contribution in [1.82, 2.24) is 4.98 Å². The summed E-state index contributed by atoms with van der Waals surface area (Å²) in [5.41, 5.74) is 1.13. The van der Waals surface area contributed by atoms with E-state index in [1.54, 1.807) is 12.1 Å². The van der Waals surface area contributed by atoms with E-state index in [9.17, 15) is 14.0 Å². The minimum atomic E-state index is -0.649. The van der Waals surface area contributed by atoms with Crippen LogP contribution >= 0.6 is 0 Å². The summed E-state index contributed by atoms with van der Waals surface area (Å²) < 4.78 is 17.2. The number of amides is 1. The van der Waals surface area contributed by atoms with Crippen LogP contribution in [0.3, 0.4) is 0 Å². The maximum absolute atomic E-state index is 12.6. The van der Waals surface area contributed by atoms with Gasteiger partial charge in [-0.05, 0) is 36.4 Å². The van der Waals surface area contributed by atoms with Crippen LogP contribution in [0.1, 0.15) is 20.7 Å². The number of nitrogens with one attached hydrogen (secondary N) is 1. The molecule has 0 fully saturated rings. The first-order valence-corrected chi connectivity index (χ1v) is 5.71. The summed E-state index contributed by atoms with van der Waals surface area (Å²) in [5.74, 6) is -1.52. The minimum Gasteiger partial charge on any atom is -0.465 e. The summed E-state index contributed by atoms with van der Waals surface area (Å²) in [6, 6.07) is 8.65. The number of nitrogens with zero attached hydrogens (tertiary/aromatic N) is 1. The SMILES string of the molecule is COC(=O)c1ccc(NC(=O)c2ccc(F)nc2)cc1. The molecule has 1 heterocycles. The van der Waals surface area contributed by atoms with Gasteiger partial charge in [0.2, 0.25) is 5.95 Å². The lowest BCUT2D eigenvalue weighted by Gasteiger charge is -2.05. The third-order valence-electron chi connectivity index (χ3n) is 2.55. The van der Waals surface area contributed by atoms with Gasteiger partial charge in [-0.3, -0.25) is 4.79 Å². The molecule has 1 aromatic carbocycles. The molecule has 1 aromatic heterocycles. The monoisotopic (exact) mass is 274 g/mol. The third kappa shape index (κ3) is 3.17. The molecule has 0 saturated heterocycles. The molecular weight excluding hydrogens is 263 g/mol. The first-order chi connectivity index (χ1) is 9.60. The van der Waals surface area contributed by atoms with Crippen molar-refractivity contribution in [3.8, 4) is 0 Å². The largest absolute Gasteiger partial charge is 0.465 e. The number of halogens is 1. The maximum atomic E-state index is 12.6. The second kappa shape index (κ2) is 5.92. The molecule has 0 aliphatic rings. The molecule has 0 unspecified atom stereocenters. The number of anilines is 1. The first-order valence-electron chi connectivity index (χ1n) is 5.71. The number of aromatic nitrogens is 1. The normalized spacial score (nSPS) is 9.90. The number of methoxy groups -OCH3 is 1. The number of hydrogen-bond acceptors (Lipinski definition) is 4. The van der Waals surface area contributed by atoms with E-state index in [0.717, 1.165) is 12.3 Å². The Morgan fingerprint density at radius 3 is 2.30 bits per heavy atom. The highest BCUT2D eigenvalue weighted by molar-refractivity contribution is 6.04. The molecule has 0 spiro atoms. The lowest BCUT2D eigenvalue weighted by molar-refractivity contribution is 0.0600. The molecule has 1 amide bonds. The zero-order chi connectivity index (χ0) is 14.5. The van der Waals surface area contributed by atoms with Crippen molar-refractivity contribution in [3.63, 3.8) is 0 Å². The summed E-state index contributed by atoms with van der Waals surface area (Å²) in [6.45, 7) is 0. The second-order valence-corrected chi connectivity index (χ2v) is 3.89. The summed E-state index contributed by atoms with van der Waals surface area (Å²) in [7, 11) is 1.29. The third-order valence-corrected chi connectivity index (χ3v) is 2.55. The molecule has 6 heteroatoms. The minimum absolute atomic E-state index is 0.239. The Balaban J connectivity index is 2.08. The highest BCUT2D eigenvalue weighted by Gasteiger charge is 2.08. The van der Waals surface area contributed by atoms with Gasteiger partial charge in [-0.2, -0.15) is 4.39 Å². The molecule has 5 nitrogen and oxygen atoms in total. The summed E-state index contributed by atoms with van der Waals surface area (Å²) in [4.78, 5) is 26.5. The lowest BCUT2D eigenvalue weighted by atomic mass is 10.2. The number of pyridine rings is 1. The summed E-state index contributed by atoms with van der Waals surface area (Å²) in [5, 5.41) is 2.61. The second-order valence-electron chi connectivity index (χ2n) is 3.89. The van der Waals surface area contributed by atoms with E-state index in [1.165, 1.54) is 25.3 Å². The van der Waals surface area contributed by atoms with Crippen LogP contribution in [0.15, 0.2) is 42.6 Å². The highest BCUT2D eigenvalue weighted by Crippen LogP contribution is 2.12. The van der Waals surface area contributed by atoms with E-state index in [1.807, 2.05) is 0 Å².